The molecule has 10 heteroatoms. The van der Waals surface area contributed by atoms with Crippen LogP contribution in [0.2, 0.25) is 0 Å². The Kier molecular flexibility index (Phi) is 7.73. The van der Waals surface area contributed by atoms with Crippen molar-refractivity contribution < 1.29 is 8.22 Å². The molecule has 0 unspecified atom stereocenters. The Hall–Kier alpha value is -9.77. The molecule has 0 saturated heterocycles. The second-order valence-corrected chi connectivity index (χ2v) is 23.6. The lowest BCUT2D eigenvalue weighted by Crippen LogP contribution is -2.74. The Balaban J connectivity index is 0.924. The van der Waals surface area contributed by atoms with Gasteiger partial charge in [0.05, 0.1) is 71.9 Å². The largest absolute Gasteiger partial charge is 0.278 e. The van der Waals surface area contributed by atoms with Crippen molar-refractivity contribution in [1.82, 2.24) is 41.9 Å². The minimum Gasteiger partial charge on any atom is -0.278 e. The molecule has 6 heterocycles. The van der Waals surface area contributed by atoms with E-state index in [0.717, 1.165) is 88.8 Å². The minimum atomic E-state index is -3.27. The van der Waals surface area contributed by atoms with Gasteiger partial charge in [0.25, 0.3) is 0 Å². The van der Waals surface area contributed by atoms with E-state index in [9.17, 15) is 0 Å². The molecule has 0 atom stereocenters. The van der Waals surface area contributed by atoms with Gasteiger partial charge in [-0.15, -0.1) is 0 Å². The van der Waals surface area contributed by atoms with Crippen LogP contribution >= 0.6 is 0 Å². The second kappa shape index (κ2) is 15.9. The number of benzene rings is 10. The molecule has 76 heavy (non-hydrogen) atoms. The molecule has 9 nitrogen and oxygen atoms in total. The van der Waals surface area contributed by atoms with Crippen LogP contribution in [0.25, 0.3) is 101 Å². The van der Waals surface area contributed by atoms with E-state index in [-0.39, 0.29) is 11.1 Å². The highest BCUT2D eigenvalue weighted by Gasteiger charge is 2.42. The fourth-order valence-electron chi connectivity index (χ4n) is 12.5. The third-order valence-corrected chi connectivity index (χ3v) is 20.4. The number of rotatable bonds is 7. The first-order valence-corrected chi connectivity index (χ1v) is 27.5. The summed E-state index contributed by atoms with van der Waals surface area (Å²) in [5.41, 5.74) is 14.0. The number of aromatic nitrogens is 9. The highest BCUT2D eigenvalue weighted by Crippen LogP contribution is 2.36. The van der Waals surface area contributed by atoms with E-state index in [4.69, 9.17) is 23.2 Å². The van der Waals surface area contributed by atoms with Gasteiger partial charge in [0.1, 0.15) is 0 Å². The first kappa shape index (κ1) is 37.0. The maximum Gasteiger partial charge on any atom is 0.220 e. The van der Waals surface area contributed by atoms with Gasteiger partial charge in [0.2, 0.25) is 17.3 Å². The lowest BCUT2D eigenvalue weighted by molar-refractivity contribution is 1.10. The fraction of sp³-hybridized carbons (Fsp3) is 0.0455. The van der Waals surface area contributed by atoms with E-state index in [1.807, 2.05) is 36.4 Å². The lowest BCUT2D eigenvalue weighted by atomic mass is 10.1. The SMILES string of the molecule is [2H]C([2H])([2H])c1cccc2c1nc1n(-c3cccc([Si](c4ccccc4)(c4ccccc4)c4cccc(-n5c6ccccc6n6c7cc(-n8c9ccccc9n9c%10cccc(C([2H])([2H])[2H])c%10nc89)cc(C)c7nc56)c4)c3)c3ccccc3n21. The summed E-state index contributed by atoms with van der Waals surface area (Å²) in [6, 6.07) is 79.6. The van der Waals surface area contributed by atoms with Crippen molar-refractivity contribution in [3.8, 4) is 17.1 Å². The predicted molar refractivity (Wildman–Crippen MR) is 314 cm³/mol. The molecule has 16 aromatic rings. The summed E-state index contributed by atoms with van der Waals surface area (Å²) in [4.78, 5) is 15.8. The van der Waals surface area contributed by atoms with E-state index in [1.54, 1.807) is 24.3 Å². The van der Waals surface area contributed by atoms with Gasteiger partial charge < -0.3 is 0 Å². The first-order chi connectivity index (χ1) is 39.9. The van der Waals surface area contributed by atoms with Crippen LogP contribution in [0.3, 0.4) is 0 Å². The summed E-state index contributed by atoms with van der Waals surface area (Å²) in [6.07, 6.45) is 0. The topological polar surface area (TPSA) is 66.7 Å². The van der Waals surface area contributed by atoms with Gasteiger partial charge in [-0.3, -0.25) is 26.9 Å². The number of imidazole rings is 6. The number of nitrogens with zero attached hydrogens (tertiary/aromatic N) is 9. The van der Waals surface area contributed by atoms with Crippen LogP contribution in [-0.2, 0) is 0 Å². The number of hydrogen-bond acceptors (Lipinski definition) is 3. The molecule has 0 aliphatic carbocycles. The Bertz CT molecular complexity index is 5250. The molecular weight excluding hydrogens is 947 g/mol. The van der Waals surface area contributed by atoms with Crippen LogP contribution in [0, 0.1) is 20.6 Å². The molecule has 0 radical (unpaired) electrons. The van der Waals surface area contributed by atoms with Crippen molar-refractivity contribution in [3.63, 3.8) is 0 Å². The maximum atomic E-state index is 8.45. The van der Waals surface area contributed by atoms with E-state index in [1.165, 1.54) is 15.6 Å². The number of hydrogen-bond donors (Lipinski definition) is 0. The molecular formula is C66H47N9Si. The molecule has 0 amide bonds. The monoisotopic (exact) mass is 999 g/mol. The zero-order chi connectivity index (χ0) is 55.4. The van der Waals surface area contributed by atoms with E-state index < -0.39 is 21.8 Å². The summed E-state index contributed by atoms with van der Waals surface area (Å²) < 4.78 is 63.5. The second-order valence-electron chi connectivity index (χ2n) is 19.8. The average molecular weight is 1000 g/mol. The standard InChI is InChI=1S/C66H47N9Si/c1-42-20-16-36-58-61(42)67-64-70(52-30-10-13-33-55(52)73(58)64)45-22-18-28-50(39-45)76(48-24-6-4-7-25-48,49-26-8-5-9-27-49)51-29-19-23-46(40-51)71-53-31-11-15-35-57(53)75-60-41-47(38-44(3)63(60)69-65(71)75)72-54-32-12-14-34-56(54)74-59-37-17-21-43(2)62(59)68-66(72)74/h4-41H,1-3H3/i1D3,2D3. The van der Waals surface area contributed by atoms with Gasteiger partial charge in [0.15, 0.2) is 8.07 Å². The zero-order valence-corrected chi connectivity index (χ0v) is 42.0. The molecule has 0 N–H and O–H groups in total. The van der Waals surface area contributed by atoms with Crippen LogP contribution in [0.4, 0.5) is 0 Å². The van der Waals surface area contributed by atoms with Crippen LogP contribution in [0.1, 0.15) is 24.9 Å². The van der Waals surface area contributed by atoms with Crippen LogP contribution in [0.15, 0.2) is 231 Å². The summed E-state index contributed by atoms with van der Waals surface area (Å²) in [7, 11) is -3.27. The minimum absolute atomic E-state index is 0.219. The van der Waals surface area contributed by atoms with Gasteiger partial charge >= 0.3 is 0 Å². The van der Waals surface area contributed by atoms with Crippen molar-refractivity contribution in [2.45, 2.75) is 20.6 Å². The molecule has 0 spiro atoms. The molecule has 10 aromatic carbocycles. The zero-order valence-electron chi connectivity index (χ0n) is 47.0. The van der Waals surface area contributed by atoms with Crippen molar-refractivity contribution in [2.24, 2.45) is 0 Å². The van der Waals surface area contributed by atoms with Gasteiger partial charge in [-0.25, -0.2) is 15.0 Å². The molecule has 360 valence electrons. The Morgan fingerprint density at radius 3 is 1.11 bits per heavy atom. The van der Waals surface area contributed by atoms with Crippen molar-refractivity contribution >= 4 is 112 Å². The van der Waals surface area contributed by atoms with E-state index in [0.29, 0.717) is 22.6 Å². The fourth-order valence-corrected chi connectivity index (χ4v) is 17.3. The molecule has 0 aliphatic rings. The van der Waals surface area contributed by atoms with Crippen molar-refractivity contribution in [1.29, 1.82) is 0 Å². The number of aryl methyl sites for hydroxylation is 3. The Morgan fingerprint density at radius 1 is 0.303 bits per heavy atom. The van der Waals surface area contributed by atoms with Crippen LogP contribution in [0.5, 0.6) is 0 Å². The van der Waals surface area contributed by atoms with Crippen LogP contribution in [-0.4, -0.2) is 49.9 Å². The molecule has 0 fully saturated rings. The Labute approximate surface area is 445 Å². The highest BCUT2D eigenvalue weighted by atomic mass is 28.3. The van der Waals surface area contributed by atoms with E-state index in [2.05, 4.69) is 204 Å². The van der Waals surface area contributed by atoms with Gasteiger partial charge in [-0.2, -0.15) is 0 Å². The predicted octanol–water partition coefficient (Wildman–Crippen LogP) is 12.2. The highest BCUT2D eigenvalue weighted by molar-refractivity contribution is 7.20. The van der Waals surface area contributed by atoms with Crippen LogP contribution < -0.4 is 20.7 Å². The molecule has 0 bridgehead atoms. The number of para-hydroxylation sites is 8. The normalized spacial score (nSPS) is 13.9. The summed E-state index contributed by atoms with van der Waals surface area (Å²) in [5.74, 6) is 2.01. The van der Waals surface area contributed by atoms with Crippen molar-refractivity contribution in [2.75, 3.05) is 0 Å². The molecule has 6 aromatic heterocycles. The average Bonchev–Trinajstić information content (AvgIpc) is 2.09. The third-order valence-electron chi connectivity index (χ3n) is 15.7. The van der Waals surface area contributed by atoms with Gasteiger partial charge in [-0.1, -0.05) is 146 Å². The summed E-state index contributed by atoms with van der Waals surface area (Å²) in [6.45, 7) is -2.59. The third kappa shape index (κ3) is 5.75. The van der Waals surface area contributed by atoms with E-state index >= 15 is 0 Å². The summed E-state index contributed by atoms with van der Waals surface area (Å²) >= 11 is 0. The lowest BCUT2D eigenvalue weighted by Gasteiger charge is -2.35. The van der Waals surface area contributed by atoms with Gasteiger partial charge in [0, 0.05) is 19.6 Å². The smallest absolute Gasteiger partial charge is 0.220 e. The number of fused-ring (bicyclic) bond motifs is 15. The first-order valence-electron chi connectivity index (χ1n) is 28.5. The Morgan fingerprint density at radius 2 is 0.658 bits per heavy atom. The van der Waals surface area contributed by atoms with Crippen molar-refractivity contribution in [3.05, 3.63) is 247 Å². The quantitative estimate of drug-likeness (QED) is 0.118. The van der Waals surface area contributed by atoms with Gasteiger partial charge in [-0.05, 0) is 143 Å². The molecule has 0 saturated carbocycles. The molecule has 16 rings (SSSR count). The molecule has 0 aliphatic heterocycles. The maximum absolute atomic E-state index is 8.45. The summed E-state index contributed by atoms with van der Waals surface area (Å²) in [5, 5.41) is 4.73.